The Morgan fingerprint density at radius 1 is 1.38 bits per heavy atom. The minimum atomic E-state index is 0.613. The summed E-state index contributed by atoms with van der Waals surface area (Å²) in [5.74, 6) is 0.613. The average molecular weight is 180 g/mol. The van der Waals surface area contributed by atoms with E-state index in [4.69, 9.17) is 5.41 Å². The fraction of sp³-hybridized carbons (Fsp3) is 0.833. The zero-order chi connectivity index (χ0) is 9.52. The molecule has 1 aliphatic carbocycles. The molecule has 1 heteroatoms. The third-order valence-corrected chi connectivity index (χ3v) is 2.96. The van der Waals surface area contributed by atoms with Crippen LogP contribution in [-0.4, -0.2) is 5.71 Å². The molecule has 0 saturated heterocycles. The van der Waals surface area contributed by atoms with Gasteiger partial charge in [0.1, 0.15) is 0 Å². The molecule has 1 rings (SSSR count). The molecule has 75 valence electrons. The molecule has 1 fully saturated rings. The lowest BCUT2D eigenvalue weighted by molar-refractivity contribution is 0.652. The van der Waals surface area contributed by atoms with E-state index in [1.54, 1.807) is 0 Å². The van der Waals surface area contributed by atoms with Crippen molar-refractivity contribution in [2.75, 3.05) is 0 Å². The quantitative estimate of drug-likeness (QED) is 0.472. The first-order valence-corrected chi connectivity index (χ1v) is 5.73. The number of nitrogens with one attached hydrogen (secondary N) is 1. The van der Waals surface area contributed by atoms with Crippen LogP contribution in [0.3, 0.4) is 0 Å². The largest absolute Gasteiger partial charge is 0.309 e. The minimum Gasteiger partial charge on any atom is -0.309 e. The van der Waals surface area contributed by atoms with Crippen molar-refractivity contribution in [3.63, 3.8) is 0 Å². The van der Waals surface area contributed by atoms with Gasteiger partial charge in [0.05, 0.1) is 0 Å². The summed E-state index contributed by atoms with van der Waals surface area (Å²) in [5.41, 5.74) is 1.02. The van der Waals surface area contributed by atoms with Crippen LogP contribution in [0.25, 0.3) is 0 Å². The standard InChI is InChI=1S/C12H22N/c1-2-3-4-5-10-12(13)11-8-6-7-9-11/h6,11,13H,2-5,7-10H2,1H3. The first-order valence-electron chi connectivity index (χ1n) is 5.73. The molecule has 0 heterocycles. The maximum absolute atomic E-state index is 7.90. The van der Waals surface area contributed by atoms with Crippen LogP contribution >= 0.6 is 0 Å². The monoisotopic (exact) mass is 180 g/mol. The number of hydrogen-bond acceptors (Lipinski definition) is 1. The zero-order valence-corrected chi connectivity index (χ0v) is 8.81. The van der Waals surface area contributed by atoms with Crippen LogP contribution in [0, 0.1) is 17.7 Å². The van der Waals surface area contributed by atoms with Gasteiger partial charge in [-0.1, -0.05) is 26.2 Å². The lowest BCUT2D eigenvalue weighted by atomic mass is 9.97. The Hall–Kier alpha value is -0.330. The molecule has 0 spiro atoms. The van der Waals surface area contributed by atoms with E-state index < -0.39 is 0 Å². The molecule has 0 amide bonds. The number of hydrogen-bond donors (Lipinski definition) is 1. The van der Waals surface area contributed by atoms with Gasteiger partial charge in [-0.05, 0) is 44.4 Å². The lowest BCUT2D eigenvalue weighted by Gasteiger charge is -2.10. The summed E-state index contributed by atoms with van der Waals surface area (Å²) >= 11 is 0. The van der Waals surface area contributed by atoms with Gasteiger partial charge in [0.15, 0.2) is 0 Å². The summed E-state index contributed by atoms with van der Waals surface area (Å²) in [5, 5.41) is 7.90. The number of unbranched alkanes of at least 4 members (excludes halogenated alkanes) is 3. The summed E-state index contributed by atoms with van der Waals surface area (Å²) in [6, 6.07) is 0. The normalized spacial score (nSPS) is 17.9. The van der Waals surface area contributed by atoms with E-state index in [0.717, 1.165) is 12.1 Å². The molecule has 1 atom stereocenters. The van der Waals surface area contributed by atoms with Crippen molar-refractivity contribution in [1.29, 1.82) is 5.41 Å². The molecule has 0 aromatic heterocycles. The molecule has 0 aromatic rings. The Labute approximate surface area is 82.4 Å². The predicted octanol–water partition coefficient (Wildman–Crippen LogP) is 3.98. The van der Waals surface area contributed by atoms with Crippen LogP contribution < -0.4 is 0 Å². The van der Waals surface area contributed by atoms with E-state index in [0.29, 0.717) is 5.92 Å². The molecule has 1 nitrogen and oxygen atoms in total. The highest BCUT2D eigenvalue weighted by Gasteiger charge is 2.18. The van der Waals surface area contributed by atoms with Crippen molar-refractivity contribution in [3.05, 3.63) is 6.42 Å². The summed E-state index contributed by atoms with van der Waals surface area (Å²) in [6.07, 6.45) is 12.2. The second kappa shape index (κ2) is 6.17. The van der Waals surface area contributed by atoms with Crippen molar-refractivity contribution < 1.29 is 0 Å². The molecule has 0 aliphatic heterocycles. The van der Waals surface area contributed by atoms with E-state index in [1.165, 1.54) is 44.9 Å². The van der Waals surface area contributed by atoms with Gasteiger partial charge in [-0.15, -0.1) is 0 Å². The smallest absolute Gasteiger partial charge is 0.0120 e. The van der Waals surface area contributed by atoms with Gasteiger partial charge in [0.2, 0.25) is 0 Å². The average Bonchev–Trinajstić information content (AvgIpc) is 2.65. The highest BCUT2D eigenvalue weighted by atomic mass is 14.5. The Morgan fingerprint density at radius 2 is 2.23 bits per heavy atom. The second-order valence-corrected chi connectivity index (χ2v) is 4.13. The van der Waals surface area contributed by atoms with Gasteiger partial charge in [0, 0.05) is 5.71 Å². The van der Waals surface area contributed by atoms with Gasteiger partial charge >= 0.3 is 0 Å². The van der Waals surface area contributed by atoms with Crippen LogP contribution in [0.4, 0.5) is 0 Å². The minimum absolute atomic E-state index is 0.613. The molecule has 1 unspecified atom stereocenters. The first-order chi connectivity index (χ1) is 6.34. The fourth-order valence-electron chi connectivity index (χ4n) is 2.02. The molecule has 1 saturated carbocycles. The molecule has 1 N–H and O–H groups in total. The molecule has 1 radical (unpaired) electrons. The molecule has 0 bridgehead atoms. The van der Waals surface area contributed by atoms with Crippen LogP contribution in [0.1, 0.15) is 58.3 Å². The molecule has 13 heavy (non-hydrogen) atoms. The third-order valence-electron chi connectivity index (χ3n) is 2.96. The first kappa shape index (κ1) is 10.7. The van der Waals surface area contributed by atoms with E-state index in [2.05, 4.69) is 13.3 Å². The third kappa shape index (κ3) is 3.93. The Kier molecular flexibility index (Phi) is 5.10. The van der Waals surface area contributed by atoms with Crippen LogP contribution in [0.2, 0.25) is 0 Å². The van der Waals surface area contributed by atoms with Gasteiger partial charge in [-0.2, -0.15) is 0 Å². The second-order valence-electron chi connectivity index (χ2n) is 4.13. The maximum atomic E-state index is 7.90. The number of rotatable bonds is 6. The molecular formula is C12H22N. The van der Waals surface area contributed by atoms with Crippen LogP contribution in [-0.2, 0) is 0 Å². The summed E-state index contributed by atoms with van der Waals surface area (Å²) in [4.78, 5) is 0. The molecular weight excluding hydrogens is 158 g/mol. The van der Waals surface area contributed by atoms with Crippen LogP contribution in [0.15, 0.2) is 0 Å². The Bertz CT molecular complexity index is 145. The molecule has 0 aromatic carbocycles. The summed E-state index contributed by atoms with van der Waals surface area (Å²) in [6.45, 7) is 2.23. The van der Waals surface area contributed by atoms with E-state index in [-0.39, 0.29) is 0 Å². The predicted molar refractivity (Wildman–Crippen MR) is 58.1 cm³/mol. The maximum Gasteiger partial charge on any atom is 0.0120 e. The van der Waals surface area contributed by atoms with Crippen molar-refractivity contribution >= 4 is 5.71 Å². The zero-order valence-electron chi connectivity index (χ0n) is 8.81. The van der Waals surface area contributed by atoms with E-state index in [9.17, 15) is 0 Å². The van der Waals surface area contributed by atoms with Crippen molar-refractivity contribution in [1.82, 2.24) is 0 Å². The highest BCUT2D eigenvalue weighted by Crippen LogP contribution is 2.26. The van der Waals surface area contributed by atoms with Gasteiger partial charge in [-0.25, -0.2) is 0 Å². The van der Waals surface area contributed by atoms with Gasteiger partial charge < -0.3 is 5.41 Å². The fourth-order valence-corrected chi connectivity index (χ4v) is 2.02. The highest BCUT2D eigenvalue weighted by molar-refractivity contribution is 5.84. The lowest BCUT2D eigenvalue weighted by Crippen LogP contribution is -2.09. The van der Waals surface area contributed by atoms with Gasteiger partial charge in [-0.3, -0.25) is 0 Å². The Balaban J connectivity index is 2.03. The van der Waals surface area contributed by atoms with Gasteiger partial charge in [0.25, 0.3) is 0 Å². The summed E-state index contributed by atoms with van der Waals surface area (Å²) in [7, 11) is 0. The van der Waals surface area contributed by atoms with Crippen molar-refractivity contribution in [2.45, 2.75) is 58.3 Å². The topological polar surface area (TPSA) is 23.9 Å². The van der Waals surface area contributed by atoms with E-state index in [1.807, 2.05) is 0 Å². The SMILES string of the molecule is CCCCCCC(=N)C1C[CH]CC1. The van der Waals surface area contributed by atoms with Crippen molar-refractivity contribution in [3.8, 4) is 0 Å². The van der Waals surface area contributed by atoms with Crippen molar-refractivity contribution in [2.24, 2.45) is 5.92 Å². The van der Waals surface area contributed by atoms with Crippen LogP contribution in [0.5, 0.6) is 0 Å². The Morgan fingerprint density at radius 3 is 2.85 bits per heavy atom. The summed E-state index contributed by atoms with van der Waals surface area (Å²) < 4.78 is 0. The van der Waals surface area contributed by atoms with E-state index >= 15 is 0 Å². The molecule has 1 aliphatic rings.